The molecule has 72 heavy (non-hydrogen) atoms. The van der Waals surface area contributed by atoms with Gasteiger partial charge in [-0.15, -0.1) is 23.4 Å². The second-order valence-electron chi connectivity index (χ2n) is 15.8. The Kier molecular flexibility index (Phi) is 14.5. The van der Waals surface area contributed by atoms with E-state index in [2.05, 4.69) is 50.5 Å². The number of hydrogen-bond donors (Lipinski definition) is 2. The lowest BCUT2D eigenvalue weighted by molar-refractivity contribution is -0.303. The van der Waals surface area contributed by atoms with Crippen LogP contribution >= 0.6 is 0 Å². The number of aliphatic hydroxyl groups is 2. The van der Waals surface area contributed by atoms with Gasteiger partial charge >= 0.3 is 24.3 Å². The summed E-state index contributed by atoms with van der Waals surface area (Å²) in [7, 11) is 0. The predicted molar refractivity (Wildman–Crippen MR) is 221 cm³/mol. The van der Waals surface area contributed by atoms with Crippen molar-refractivity contribution >= 4 is 0 Å². The Morgan fingerprint density at radius 2 is 1.11 bits per heavy atom. The van der Waals surface area contributed by atoms with Crippen molar-refractivity contribution in [2.45, 2.75) is 67.9 Å². The molecule has 1 aliphatic rings. The van der Waals surface area contributed by atoms with Crippen molar-refractivity contribution in [1.29, 1.82) is 0 Å². The van der Waals surface area contributed by atoms with Crippen LogP contribution in [-0.4, -0.2) is 73.1 Å². The smallest absolute Gasteiger partial charge is 0.433 e. The monoisotopic (exact) mass is 1020 g/mol. The van der Waals surface area contributed by atoms with E-state index in [4.69, 9.17) is 0 Å². The highest BCUT2D eigenvalue weighted by Crippen LogP contribution is 2.48. The molecule has 8 rings (SSSR count). The van der Waals surface area contributed by atoms with Gasteiger partial charge in [0.1, 0.15) is 58.8 Å². The summed E-state index contributed by atoms with van der Waals surface area (Å²) in [4.78, 5) is 7.50. The van der Waals surface area contributed by atoms with Crippen LogP contribution in [0.1, 0.15) is 47.3 Å². The van der Waals surface area contributed by atoms with Crippen molar-refractivity contribution < 1.29 is 76.8 Å². The van der Waals surface area contributed by atoms with Gasteiger partial charge in [0, 0.05) is 54.1 Å². The average molecular weight is 1020 g/mol. The lowest BCUT2D eigenvalue weighted by Gasteiger charge is -2.35. The first-order valence-electron chi connectivity index (χ1n) is 20.6. The molecule has 0 radical (unpaired) electrons. The normalized spacial score (nSPS) is 15.9. The van der Waals surface area contributed by atoms with Crippen LogP contribution < -0.4 is 4.74 Å². The predicted octanol–water partition coefficient (Wildman–Crippen LogP) is 9.17. The highest BCUT2D eigenvalue weighted by Gasteiger charge is 2.59. The van der Waals surface area contributed by atoms with Crippen LogP contribution in [0.5, 0.6) is 5.75 Å². The van der Waals surface area contributed by atoms with Crippen molar-refractivity contribution in [3.8, 4) is 16.9 Å². The van der Waals surface area contributed by atoms with Gasteiger partial charge in [-0.3, -0.25) is 9.97 Å². The highest BCUT2D eigenvalue weighted by atomic mass is 19.4. The maximum absolute atomic E-state index is 15.8. The average Bonchev–Trinajstić information content (AvgIpc) is 4.03. The summed E-state index contributed by atoms with van der Waals surface area (Å²) in [6, 6.07) is 13.3. The van der Waals surface area contributed by atoms with E-state index < -0.39 is 106 Å². The van der Waals surface area contributed by atoms with E-state index >= 15 is 17.6 Å². The zero-order valence-corrected chi connectivity index (χ0v) is 36.4. The van der Waals surface area contributed by atoms with Crippen LogP contribution in [0, 0.1) is 23.3 Å². The number of halogens is 13. The first-order valence-corrected chi connectivity index (χ1v) is 20.6. The Balaban J connectivity index is 0.000000211. The topological polar surface area (TPSA) is 172 Å². The molecule has 4 heterocycles. The summed E-state index contributed by atoms with van der Waals surface area (Å²) in [6.07, 6.45) is -0.414. The summed E-state index contributed by atoms with van der Waals surface area (Å²) in [5.41, 5.74) is -9.01. The SMILES string of the molecule is CC(F)(F)Oc1ccc(-c2ccc(C(F)(F)[C@@](O)(Cn3cnnn3)c3ccc(F)cc3F)nc2)cc1.O[C@@](Cn1cnnn1)(c1ccc(F)cc1F)C(F)(F)c1ccc(C2C=CC(OC(F)(F)F)=CC2)cn1. The maximum Gasteiger partial charge on any atom is 0.573 e. The molecule has 0 saturated heterocycles. The lowest BCUT2D eigenvalue weighted by Crippen LogP contribution is -2.48. The first kappa shape index (κ1) is 52.0. The summed E-state index contributed by atoms with van der Waals surface area (Å²) in [6.45, 7) is -1.40. The van der Waals surface area contributed by atoms with Gasteiger partial charge < -0.3 is 19.7 Å². The van der Waals surface area contributed by atoms with E-state index in [1.807, 2.05) is 0 Å². The Bertz CT molecular complexity index is 3010. The van der Waals surface area contributed by atoms with Gasteiger partial charge in [0.25, 0.3) is 0 Å². The van der Waals surface area contributed by atoms with Crippen LogP contribution in [-0.2, 0) is 40.9 Å². The van der Waals surface area contributed by atoms with Crippen molar-refractivity contribution in [1.82, 2.24) is 50.4 Å². The summed E-state index contributed by atoms with van der Waals surface area (Å²) >= 11 is 0. The molecule has 7 aromatic rings. The third-order valence-electron chi connectivity index (χ3n) is 10.8. The number of tetrazole rings is 2. The van der Waals surface area contributed by atoms with Crippen LogP contribution in [0.4, 0.5) is 57.1 Å². The molecule has 0 saturated carbocycles. The van der Waals surface area contributed by atoms with E-state index in [1.165, 1.54) is 48.6 Å². The summed E-state index contributed by atoms with van der Waals surface area (Å²) in [5, 5.41) is 42.5. The van der Waals surface area contributed by atoms with E-state index in [0.717, 1.165) is 64.8 Å². The Hall–Kier alpha value is -7.81. The number of aromatic nitrogens is 10. The molecule has 2 N–H and O–H groups in total. The zero-order chi connectivity index (χ0) is 52.3. The van der Waals surface area contributed by atoms with E-state index in [0.29, 0.717) is 47.9 Å². The first-order chi connectivity index (χ1) is 33.8. The molecule has 1 unspecified atom stereocenters. The molecular formula is C45H33F13N10O4. The molecule has 14 nitrogen and oxygen atoms in total. The van der Waals surface area contributed by atoms with Gasteiger partial charge in [-0.1, -0.05) is 30.3 Å². The second-order valence-corrected chi connectivity index (χ2v) is 15.8. The van der Waals surface area contributed by atoms with Crippen LogP contribution in [0.3, 0.4) is 0 Å². The van der Waals surface area contributed by atoms with Gasteiger partial charge in [0.15, 0.2) is 11.2 Å². The molecule has 0 bridgehead atoms. The third-order valence-corrected chi connectivity index (χ3v) is 10.8. The van der Waals surface area contributed by atoms with Crippen LogP contribution in [0.2, 0.25) is 0 Å². The fourth-order valence-electron chi connectivity index (χ4n) is 7.30. The fourth-order valence-corrected chi connectivity index (χ4v) is 7.30. The molecule has 0 amide bonds. The van der Waals surface area contributed by atoms with Crippen LogP contribution in [0.15, 0.2) is 134 Å². The van der Waals surface area contributed by atoms with E-state index in [-0.39, 0.29) is 12.2 Å². The molecule has 3 aromatic carbocycles. The van der Waals surface area contributed by atoms with Crippen molar-refractivity contribution in [3.63, 3.8) is 0 Å². The molecule has 0 fully saturated rings. The van der Waals surface area contributed by atoms with Crippen molar-refractivity contribution in [2.75, 3.05) is 0 Å². The molecule has 0 spiro atoms. The molecule has 4 aromatic heterocycles. The minimum atomic E-state index is -4.85. The second kappa shape index (κ2) is 20.1. The quantitative estimate of drug-likeness (QED) is 0.0935. The highest BCUT2D eigenvalue weighted by molar-refractivity contribution is 5.63. The van der Waals surface area contributed by atoms with Crippen LogP contribution in [0.25, 0.3) is 11.1 Å². The lowest BCUT2D eigenvalue weighted by atomic mass is 9.84. The number of allylic oxidation sites excluding steroid dienone is 3. The van der Waals surface area contributed by atoms with Gasteiger partial charge in [0.05, 0.1) is 13.1 Å². The van der Waals surface area contributed by atoms with Gasteiger partial charge in [-0.2, -0.15) is 26.3 Å². The largest absolute Gasteiger partial charge is 0.573 e. The molecule has 378 valence electrons. The van der Waals surface area contributed by atoms with E-state index in [9.17, 15) is 49.7 Å². The number of benzene rings is 3. The van der Waals surface area contributed by atoms with Gasteiger partial charge in [-0.05, 0) is 99.1 Å². The zero-order valence-electron chi connectivity index (χ0n) is 36.4. The molecule has 3 atom stereocenters. The Morgan fingerprint density at radius 3 is 1.50 bits per heavy atom. The number of hydrogen-bond acceptors (Lipinski definition) is 12. The molecule has 0 aliphatic heterocycles. The fraction of sp³-hybridized carbons (Fsp3) is 0.244. The van der Waals surface area contributed by atoms with Crippen molar-refractivity contribution in [3.05, 3.63) is 185 Å². The maximum atomic E-state index is 15.8. The number of rotatable bonds is 15. The van der Waals surface area contributed by atoms with Crippen molar-refractivity contribution in [2.24, 2.45) is 0 Å². The molecule has 1 aliphatic carbocycles. The number of nitrogens with zero attached hydrogens (tertiary/aromatic N) is 10. The standard InChI is InChI=1S/C23H17F6N5O2.C22H16F7N5O2/c1-21(26,27)36-17-6-2-14(3-7-17)15-4-9-20(30-11-15)23(28,29)22(35,12-34-13-31-32-33-34)18-8-5-16(24)10-19(18)25;23-15-4-7-17(18(24)9-15)20(35,11-34-12-31-32-33-34)21(25,26)19-8-3-14(10-30-19)13-1-5-16(6-2-13)36-22(27,28)29/h2-11,13,35H,12H2,1H3;1,3-10,12-13,35H,2,11H2/t22-;13?,20-/m10/s1. The van der Waals surface area contributed by atoms with Gasteiger partial charge in [0.2, 0.25) is 0 Å². The summed E-state index contributed by atoms with van der Waals surface area (Å²) in [5.74, 6) is -14.3. The molecule has 27 heteroatoms. The Morgan fingerprint density at radius 1 is 0.611 bits per heavy atom. The minimum absolute atomic E-state index is 0.0867. The summed E-state index contributed by atoms with van der Waals surface area (Å²) < 4.78 is 192. The number of pyridine rings is 2. The Labute approximate surface area is 396 Å². The molecular weight excluding hydrogens is 992 g/mol. The minimum Gasteiger partial charge on any atom is -0.433 e. The number of alkyl halides is 9. The van der Waals surface area contributed by atoms with E-state index in [1.54, 1.807) is 0 Å². The third kappa shape index (κ3) is 11.5. The van der Waals surface area contributed by atoms with Gasteiger partial charge in [-0.25, -0.2) is 26.9 Å². The number of ether oxygens (including phenoxy) is 2.